The molecule has 1 aliphatic carbocycles. The van der Waals surface area contributed by atoms with Crippen LogP contribution in [0.2, 0.25) is 0 Å². The molecule has 0 bridgehead atoms. The van der Waals surface area contributed by atoms with Crippen LogP contribution in [0.1, 0.15) is 26.7 Å². The number of amides is 1. The molecule has 1 heterocycles. The molecule has 0 atom stereocenters. The Morgan fingerprint density at radius 1 is 1.25 bits per heavy atom. The highest BCUT2D eigenvalue weighted by atomic mass is 79.9. The SMILES string of the molecule is CC(C)(Br)C(=O)N1CCN(CC2CC2)CC1. The van der Waals surface area contributed by atoms with E-state index in [1.54, 1.807) is 0 Å². The normalized spacial score (nSPS) is 23.6. The van der Waals surface area contributed by atoms with Crippen LogP contribution in [0.15, 0.2) is 0 Å². The maximum atomic E-state index is 12.0. The van der Waals surface area contributed by atoms with Crippen molar-refractivity contribution in [2.24, 2.45) is 5.92 Å². The second-order valence-corrected chi connectivity index (χ2v) is 7.49. The molecule has 1 amide bonds. The summed E-state index contributed by atoms with van der Waals surface area (Å²) >= 11 is 3.44. The fraction of sp³-hybridized carbons (Fsp3) is 0.917. The lowest BCUT2D eigenvalue weighted by atomic mass is 10.1. The number of rotatable bonds is 3. The van der Waals surface area contributed by atoms with Gasteiger partial charge in [-0.1, -0.05) is 15.9 Å². The van der Waals surface area contributed by atoms with Gasteiger partial charge < -0.3 is 4.90 Å². The van der Waals surface area contributed by atoms with Crippen molar-refractivity contribution in [1.82, 2.24) is 9.80 Å². The van der Waals surface area contributed by atoms with Gasteiger partial charge in [0.05, 0.1) is 4.32 Å². The van der Waals surface area contributed by atoms with Crippen molar-refractivity contribution in [1.29, 1.82) is 0 Å². The highest BCUT2D eigenvalue weighted by Gasteiger charge is 2.32. The lowest BCUT2D eigenvalue weighted by Crippen LogP contribution is -2.52. The monoisotopic (exact) mass is 288 g/mol. The number of nitrogens with zero attached hydrogens (tertiary/aromatic N) is 2. The molecule has 0 N–H and O–H groups in total. The van der Waals surface area contributed by atoms with E-state index in [0.717, 1.165) is 32.1 Å². The van der Waals surface area contributed by atoms with Gasteiger partial charge in [0, 0.05) is 32.7 Å². The summed E-state index contributed by atoms with van der Waals surface area (Å²) in [5.74, 6) is 1.17. The summed E-state index contributed by atoms with van der Waals surface area (Å²) in [6, 6.07) is 0. The molecule has 0 spiro atoms. The van der Waals surface area contributed by atoms with Gasteiger partial charge in [-0.15, -0.1) is 0 Å². The van der Waals surface area contributed by atoms with Crippen LogP contribution in [0, 0.1) is 5.92 Å². The topological polar surface area (TPSA) is 23.6 Å². The van der Waals surface area contributed by atoms with Gasteiger partial charge in [-0.3, -0.25) is 9.69 Å². The van der Waals surface area contributed by atoms with E-state index in [0.29, 0.717) is 0 Å². The molecule has 2 aliphatic rings. The molecule has 16 heavy (non-hydrogen) atoms. The molecule has 1 saturated carbocycles. The predicted molar refractivity (Wildman–Crippen MR) is 68.8 cm³/mol. The van der Waals surface area contributed by atoms with Crippen molar-refractivity contribution < 1.29 is 4.79 Å². The Bertz CT molecular complexity index is 263. The van der Waals surface area contributed by atoms with Gasteiger partial charge in [0.25, 0.3) is 0 Å². The van der Waals surface area contributed by atoms with Gasteiger partial charge in [-0.25, -0.2) is 0 Å². The summed E-state index contributed by atoms with van der Waals surface area (Å²) < 4.78 is -0.411. The zero-order valence-electron chi connectivity index (χ0n) is 10.2. The van der Waals surface area contributed by atoms with Crippen LogP contribution in [0.5, 0.6) is 0 Å². The Labute approximate surface area is 106 Å². The number of alkyl halides is 1. The third kappa shape index (κ3) is 3.20. The minimum Gasteiger partial charge on any atom is -0.339 e. The van der Waals surface area contributed by atoms with E-state index in [2.05, 4.69) is 20.8 Å². The van der Waals surface area contributed by atoms with Crippen LogP contribution in [0.4, 0.5) is 0 Å². The molecule has 2 fully saturated rings. The Morgan fingerprint density at radius 3 is 2.25 bits per heavy atom. The molecule has 0 aromatic heterocycles. The van der Waals surface area contributed by atoms with E-state index in [1.165, 1.54) is 19.4 Å². The Kier molecular flexibility index (Phi) is 3.59. The minimum absolute atomic E-state index is 0.221. The van der Waals surface area contributed by atoms with Crippen molar-refractivity contribution in [3.05, 3.63) is 0 Å². The maximum Gasteiger partial charge on any atom is 0.238 e. The van der Waals surface area contributed by atoms with Gasteiger partial charge in [0.1, 0.15) is 0 Å². The molecular weight excluding hydrogens is 268 g/mol. The molecule has 4 heteroatoms. The van der Waals surface area contributed by atoms with Crippen LogP contribution < -0.4 is 0 Å². The molecule has 0 radical (unpaired) electrons. The predicted octanol–water partition coefficient (Wildman–Crippen LogP) is 1.71. The summed E-state index contributed by atoms with van der Waals surface area (Å²) in [4.78, 5) is 16.5. The average molecular weight is 289 g/mol. The number of carbonyl (C=O) groups is 1. The molecule has 0 aromatic carbocycles. The number of hydrogen-bond donors (Lipinski definition) is 0. The summed E-state index contributed by atoms with van der Waals surface area (Å²) in [6.07, 6.45) is 2.82. The highest BCUT2D eigenvalue weighted by molar-refractivity contribution is 9.10. The highest BCUT2D eigenvalue weighted by Crippen LogP contribution is 2.30. The van der Waals surface area contributed by atoms with Gasteiger partial charge in [0.2, 0.25) is 5.91 Å². The number of hydrogen-bond acceptors (Lipinski definition) is 2. The summed E-state index contributed by atoms with van der Waals surface area (Å²) in [6.45, 7) is 8.97. The van der Waals surface area contributed by atoms with Crippen molar-refractivity contribution >= 4 is 21.8 Å². The number of halogens is 1. The Morgan fingerprint density at radius 2 is 1.81 bits per heavy atom. The first-order valence-corrected chi connectivity index (χ1v) is 6.97. The first-order valence-electron chi connectivity index (χ1n) is 6.17. The van der Waals surface area contributed by atoms with Gasteiger partial charge in [-0.05, 0) is 32.6 Å². The smallest absolute Gasteiger partial charge is 0.238 e. The van der Waals surface area contributed by atoms with Crippen molar-refractivity contribution in [2.45, 2.75) is 31.0 Å². The average Bonchev–Trinajstić information content (AvgIpc) is 3.00. The second-order valence-electron chi connectivity index (χ2n) is 5.51. The van der Waals surface area contributed by atoms with Crippen LogP contribution in [0.3, 0.4) is 0 Å². The van der Waals surface area contributed by atoms with Crippen LogP contribution in [0.25, 0.3) is 0 Å². The van der Waals surface area contributed by atoms with E-state index >= 15 is 0 Å². The van der Waals surface area contributed by atoms with Crippen LogP contribution >= 0.6 is 15.9 Å². The second kappa shape index (κ2) is 4.65. The first kappa shape index (κ1) is 12.4. The van der Waals surface area contributed by atoms with E-state index in [1.807, 2.05) is 18.7 Å². The third-order valence-electron chi connectivity index (χ3n) is 3.38. The molecular formula is C12H21BrN2O. The molecule has 2 rings (SSSR count). The molecule has 92 valence electrons. The minimum atomic E-state index is -0.411. The van der Waals surface area contributed by atoms with Crippen molar-refractivity contribution in [3.63, 3.8) is 0 Å². The van der Waals surface area contributed by atoms with Gasteiger partial charge in [-0.2, -0.15) is 0 Å². The van der Waals surface area contributed by atoms with Gasteiger partial charge >= 0.3 is 0 Å². The number of piperazine rings is 1. The van der Waals surface area contributed by atoms with E-state index in [-0.39, 0.29) is 5.91 Å². The lowest BCUT2D eigenvalue weighted by Gasteiger charge is -2.37. The fourth-order valence-corrected chi connectivity index (χ4v) is 2.43. The largest absolute Gasteiger partial charge is 0.339 e. The van der Waals surface area contributed by atoms with Crippen LogP contribution in [-0.4, -0.2) is 52.8 Å². The Hall–Kier alpha value is -0.0900. The summed E-state index contributed by atoms with van der Waals surface area (Å²) in [5, 5.41) is 0. The zero-order chi connectivity index (χ0) is 11.8. The standard InChI is InChI=1S/C12H21BrN2O/c1-12(2,13)11(16)15-7-5-14(6-8-15)9-10-3-4-10/h10H,3-9H2,1-2H3. The summed E-state index contributed by atoms with van der Waals surface area (Å²) in [5.41, 5.74) is 0. The van der Waals surface area contributed by atoms with E-state index in [9.17, 15) is 4.79 Å². The lowest BCUT2D eigenvalue weighted by molar-refractivity contribution is -0.134. The third-order valence-corrected chi connectivity index (χ3v) is 3.72. The number of carbonyl (C=O) groups excluding carboxylic acids is 1. The molecule has 1 aliphatic heterocycles. The summed E-state index contributed by atoms with van der Waals surface area (Å²) in [7, 11) is 0. The quantitative estimate of drug-likeness (QED) is 0.739. The van der Waals surface area contributed by atoms with Crippen molar-refractivity contribution in [3.8, 4) is 0 Å². The molecule has 0 unspecified atom stereocenters. The van der Waals surface area contributed by atoms with E-state index in [4.69, 9.17) is 0 Å². The van der Waals surface area contributed by atoms with E-state index < -0.39 is 4.32 Å². The van der Waals surface area contributed by atoms with Crippen LogP contribution in [-0.2, 0) is 4.79 Å². The van der Waals surface area contributed by atoms with Crippen molar-refractivity contribution in [2.75, 3.05) is 32.7 Å². The zero-order valence-corrected chi connectivity index (χ0v) is 11.8. The molecule has 3 nitrogen and oxygen atoms in total. The first-order chi connectivity index (χ1) is 7.47. The molecule has 1 saturated heterocycles. The Balaban J connectivity index is 1.77. The molecule has 0 aromatic rings. The van der Waals surface area contributed by atoms with Gasteiger partial charge in [0.15, 0.2) is 0 Å². The fourth-order valence-electron chi connectivity index (χ4n) is 2.18. The maximum absolute atomic E-state index is 12.0.